The van der Waals surface area contributed by atoms with Crippen molar-refractivity contribution in [1.29, 1.82) is 0 Å². The van der Waals surface area contributed by atoms with E-state index in [4.69, 9.17) is 11.6 Å². The lowest BCUT2D eigenvalue weighted by molar-refractivity contribution is 0.783. The number of hydrogen-bond donors (Lipinski definition) is 0. The van der Waals surface area contributed by atoms with E-state index in [9.17, 15) is 0 Å². The molecule has 0 aliphatic carbocycles. The quantitative estimate of drug-likeness (QED) is 0.561. The van der Waals surface area contributed by atoms with E-state index in [2.05, 4.69) is 77.6 Å². The maximum absolute atomic E-state index is 6.20. The average molecular weight is 387 g/mol. The van der Waals surface area contributed by atoms with Gasteiger partial charge in [0.25, 0.3) is 0 Å². The molecule has 0 aliphatic heterocycles. The van der Waals surface area contributed by atoms with Crippen LogP contribution in [0.25, 0.3) is 0 Å². The molecular weight excluding hydrogens is 371 g/mol. The predicted molar refractivity (Wildman–Crippen MR) is 87.8 cm³/mol. The minimum atomic E-state index is 0.351. The Hall–Kier alpha value is -0.680. The molecule has 0 amide bonds. The highest BCUT2D eigenvalue weighted by atomic mass is 127. The number of aryl methyl sites for hydroxylation is 1. The predicted octanol–water partition coefficient (Wildman–Crippen LogP) is 4.76. The second-order valence-electron chi connectivity index (χ2n) is 4.95. The standard InChI is InChI=1S/C15H16ClIN2/c1-9(2)14-13(17)15(16)19-12(18-14)8-11-6-4-10(3)5-7-11/h4-7,9H,8H2,1-3H3. The second-order valence-corrected chi connectivity index (χ2v) is 6.38. The van der Waals surface area contributed by atoms with Crippen molar-refractivity contribution >= 4 is 34.2 Å². The van der Waals surface area contributed by atoms with Crippen LogP contribution in [0.2, 0.25) is 5.15 Å². The number of halogens is 2. The Kier molecular flexibility index (Phi) is 4.79. The van der Waals surface area contributed by atoms with Crippen molar-refractivity contribution in [1.82, 2.24) is 9.97 Å². The number of nitrogens with zero attached hydrogens (tertiary/aromatic N) is 2. The van der Waals surface area contributed by atoms with Gasteiger partial charge in [-0.05, 0) is 41.0 Å². The van der Waals surface area contributed by atoms with Gasteiger partial charge in [-0.3, -0.25) is 0 Å². The van der Waals surface area contributed by atoms with Crippen LogP contribution in [0.1, 0.15) is 42.4 Å². The zero-order valence-electron chi connectivity index (χ0n) is 11.2. The van der Waals surface area contributed by atoms with E-state index in [1.165, 1.54) is 11.1 Å². The lowest BCUT2D eigenvalue weighted by Crippen LogP contribution is -2.05. The summed E-state index contributed by atoms with van der Waals surface area (Å²) in [6.45, 7) is 6.33. The van der Waals surface area contributed by atoms with Crippen molar-refractivity contribution in [3.05, 3.63) is 55.6 Å². The average Bonchev–Trinajstić information content (AvgIpc) is 2.36. The molecular formula is C15H16ClIN2. The summed E-state index contributed by atoms with van der Waals surface area (Å²) in [5, 5.41) is 0.557. The van der Waals surface area contributed by atoms with E-state index in [0.29, 0.717) is 11.1 Å². The molecule has 100 valence electrons. The largest absolute Gasteiger partial charge is 0.236 e. The first-order valence-corrected chi connectivity index (χ1v) is 7.70. The van der Waals surface area contributed by atoms with Crippen LogP contribution in [0, 0.1) is 10.5 Å². The fraction of sp³-hybridized carbons (Fsp3) is 0.333. The normalized spacial score (nSPS) is 11.1. The fourth-order valence-electron chi connectivity index (χ4n) is 1.83. The van der Waals surface area contributed by atoms with Gasteiger partial charge in [0.1, 0.15) is 11.0 Å². The Morgan fingerprint density at radius 2 is 1.79 bits per heavy atom. The van der Waals surface area contributed by atoms with Gasteiger partial charge < -0.3 is 0 Å². The van der Waals surface area contributed by atoms with Crippen LogP contribution < -0.4 is 0 Å². The highest BCUT2D eigenvalue weighted by molar-refractivity contribution is 14.1. The summed E-state index contributed by atoms with van der Waals surface area (Å²) in [5.41, 5.74) is 3.49. The highest BCUT2D eigenvalue weighted by Gasteiger charge is 2.13. The number of aromatic nitrogens is 2. The summed E-state index contributed by atoms with van der Waals surface area (Å²) in [6.07, 6.45) is 0.719. The third kappa shape index (κ3) is 3.66. The Morgan fingerprint density at radius 3 is 2.37 bits per heavy atom. The number of hydrogen-bond acceptors (Lipinski definition) is 2. The SMILES string of the molecule is Cc1ccc(Cc2nc(Cl)c(I)c(C(C)C)n2)cc1. The van der Waals surface area contributed by atoms with Crippen molar-refractivity contribution in [3.63, 3.8) is 0 Å². The van der Waals surface area contributed by atoms with Crippen molar-refractivity contribution in [3.8, 4) is 0 Å². The fourth-order valence-corrected chi connectivity index (χ4v) is 2.89. The molecule has 0 aliphatic rings. The molecule has 1 heterocycles. The molecule has 0 unspecified atom stereocenters. The molecule has 1 aromatic carbocycles. The Morgan fingerprint density at radius 1 is 1.16 bits per heavy atom. The Labute approximate surface area is 132 Å². The monoisotopic (exact) mass is 386 g/mol. The van der Waals surface area contributed by atoms with E-state index in [-0.39, 0.29) is 0 Å². The first-order valence-electron chi connectivity index (χ1n) is 6.24. The molecule has 0 radical (unpaired) electrons. The topological polar surface area (TPSA) is 25.8 Å². The van der Waals surface area contributed by atoms with Gasteiger partial charge in [-0.25, -0.2) is 9.97 Å². The van der Waals surface area contributed by atoms with Gasteiger partial charge in [0.05, 0.1) is 9.26 Å². The molecule has 2 rings (SSSR count). The van der Waals surface area contributed by atoms with Crippen LogP contribution in [-0.2, 0) is 6.42 Å². The zero-order valence-corrected chi connectivity index (χ0v) is 14.2. The van der Waals surface area contributed by atoms with Crippen LogP contribution in [0.15, 0.2) is 24.3 Å². The van der Waals surface area contributed by atoms with Gasteiger partial charge in [0.15, 0.2) is 0 Å². The van der Waals surface area contributed by atoms with E-state index in [1.54, 1.807) is 0 Å². The zero-order chi connectivity index (χ0) is 14.0. The van der Waals surface area contributed by atoms with E-state index in [0.717, 1.165) is 21.5 Å². The van der Waals surface area contributed by atoms with Crippen molar-refractivity contribution < 1.29 is 0 Å². The molecule has 0 saturated heterocycles. The van der Waals surface area contributed by atoms with Crippen molar-refractivity contribution in [2.75, 3.05) is 0 Å². The van der Waals surface area contributed by atoms with Crippen LogP contribution >= 0.6 is 34.2 Å². The van der Waals surface area contributed by atoms with E-state index < -0.39 is 0 Å². The molecule has 0 N–H and O–H groups in total. The number of rotatable bonds is 3. The molecule has 0 saturated carbocycles. The molecule has 0 spiro atoms. The number of benzene rings is 1. The van der Waals surface area contributed by atoms with Gasteiger partial charge in [-0.15, -0.1) is 0 Å². The van der Waals surface area contributed by atoms with Gasteiger partial charge in [-0.1, -0.05) is 55.3 Å². The lowest BCUT2D eigenvalue weighted by Gasteiger charge is -2.11. The summed E-state index contributed by atoms with van der Waals surface area (Å²) in [5.74, 6) is 1.14. The summed E-state index contributed by atoms with van der Waals surface area (Å²) < 4.78 is 0.960. The molecule has 1 aromatic heterocycles. The molecule has 0 atom stereocenters. The minimum Gasteiger partial charge on any atom is -0.236 e. The molecule has 0 bridgehead atoms. The molecule has 2 aromatic rings. The third-order valence-corrected chi connectivity index (χ3v) is 4.57. The maximum atomic E-state index is 6.20. The third-order valence-electron chi connectivity index (χ3n) is 2.91. The van der Waals surface area contributed by atoms with Gasteiger partial charge >= 0.3 is 0 Å². The van der Waals surface area contributed by atoms with Crippen LogP contribution in [0.3, 0.4) is 0 Å². The molecule has 19 heavy (non-hydrogen) atoms. The first-order chi connectivity index (χ1) is 8.97. The van der Waals surface area contributed by atoms with Crippen LogP contribution in [0.4, 0.5) is 0 Å². The maximum Gasteiger partial charge on any atom is 0.146 e. The smallest absolute Gasteiger partial charge is 0.146 e. The summed E-state index contributed by atoms with van der Waals surface area (Å²) in [4.78, 5) is 9.03. The molecule has 2 nitrogen and oxygen atoms in total. The Bertz CT molecular complexity index is 579. The minimum absolute atomic E-state index is 0.351. The van der Waals surface area contributed by atoms with Gasteiger partial charge in [-0.2, -0.15) is 0 Å². The van der Waals surface area contributed by atoms with Crippen LogP contribution in [0.5, 0.6) is 0 Å². The Balaban J connectivity index is 2.33. The van der Waals surface area contributed by atoms with Crippen LogP contribution in [-0.4, -0.2) is 9.97 Å². The second kappa shape index (κ2) is 6.18. The van der Waals surface area contributed by atoms with Gasteiger partial charge in [0.2, 0.25) is 0 Å². The lowest BCUT2D eigenvalue weighted by atomic mass is 10.1. The van der Waals surface area contributed by atoms with Gasteiger partial charge in [0, 0.05) is 6.42 Å². The molecule has 0 fully saturated rings. The van der Waals surface area contributed by atoms with Crippen molar-refractivity contribution in [2.45, 2.75) is 33.1 Å². The first kappa shape index (κ1) is 14.7. The van der Waals surface area contributed by atoms with E-state index >= 15 is 0 Å². The van der Waals surface area contributed by atoms with Crippen molar-refractivity contribution in [2.24, 2.45) is 0 Å². The molecule has 4 heteroatoms. The summed E-state index contributed by atoms with van der Waals surface area (Å²) >= 11 is 8.41. The van der Waals surface area contributed by atoms with E-state index in [1.807, 2.05) is 0 Å². The highest BCUT2D eigenvalue weighted by Crippen LogP contribution is 2.25. The summed E-state index contributed by atoms with van der Waals surface area (Å²) in [7, 11) is 0. The summed E-state index contributed by atoms with van der Waals surface area (Å²) in [6, 6.07) is 8.43.